The van der Waals surface area contributed by atoms with Gasteiger partial charge in [0.15, 0.2) is 0 Å². The Labute approximate surface area is 246 Å². The zero-order valence-electron chi connectivity index (χ0n) is 21.2. The van der Waals surface area contributed by atoms with Gasteiger partial charge in [-0.25, -0.2) is 4.39 Å². The van der Waals surface area contributed by atoms with Gasteiger partial charge in [0.05, 0.1) is 0 Å². The highest BCUT2D eigenvalue weighted by atomic mass is 19.4. The van der Waals surface area contributed by atoms with Gasteiger partial charge in [0.25, 0.3) is 0 Å². The number of halogens is 31. The molecule has 0 aromatic carbocycles. The summed E-state index contributed by atoms with van der Waals surface area (Å²) < 4.78 is 384. The van der Waals surface area contributed by atoms with E-state index in [2.05, 4.69) is 6.58 Å². The van der Waals surface area contributed by atoms with Crippen LogP contribution in [-0.2, 0) is 0 Å². The van der Waals surface area contributed by atoms with Crippen molar-refractivity contribution in [3.05, 3.63) is 24.3 Å². The van der Waals surface area contributed by atoms with E-state index >= 15 is 0 Å². The van der Waals surface area contributed by atoms with Crippen LogP contribution in [0.5, 0.6) is 0 Å². The molecule has 0 rings (SSSR count). The lowest BCUT2D eigenvalue weighted by atomic mass is 9.92. The summed E-state index contributed by atoms with van der Waals surface area (Å²) in [6.45, 7) is 2.42. The van der Waals surface area contributed by atoms with Crippen LogP contribution in [0.2, 0.25) is 0 Å². The van der Waals surface area contributed by atoms with Crippen molar-refractivity contribution in [1.82, 2.24) is 0 Å². The molecule has 0 bridgehead atoms. The summed E-state index contributed by atoms with van der Waals surface area (Å²) in [6, 6.07) is 0. The standard InChI is InChI=1S/C9F18.C9H5F13/c10-1(2(11)4(14,15)16)3(12,13)5(17,18)6(19,20)7(21,22)8(23,24)9(25,26)27;1-2-3-4(10,11)5(12,13)6(14,15)7(16,17)8(18,19)9(20,21)22/h;2H,1,3H2. The van der Waals surface area contributed by atoms with Gasteiger partial charge >= 0.3 is 77.8 Å². The molecule has 31 heteroatoms. The van der Waals surface area contributed by atoms with Crippen LogP contribution in [0, 0.1) is 0 Å². The number of rotatable bonds is 11. The first-order valence-electron chi connectivity index (χ1n) is 10.3. The third-order valence-corrected chi connectivity index (χ3v) is 5.05. The molecule has 0 spiro atoms. The van der Waals surface area contributed by atoms with E-state index in [1.54, 1.807) is 0 Å². The molecule has 0 aliphatic rings. The summed E-state index contributed by atoms with van der Waals surface area (Å²) in [7, 11) is 0. The number of alkyl halides is 29. The van der Waals surface area contributed by atoms with Crippen LogP contribution in [0.15, 0.2) is 24.3 Å². The Kier molecular flexibility index (Phi) is 12.7. The highest BCUT2D eigenvalue weighted by Crippen LogP contribution is 2.63. The van der Waals surface area contributed by atoms with Crippen LogP contribution in [0.3, 0.4) is 0 Å². The van der Waals surface area contributed by atoms with Gasteiger partial charge < -0.3 is 0 Å². The maximum atomic E-state index is 12.9. The second kappa shape index (κ2) is 12.8. The fourth-order valence-electron chi connectivity index (χ4n) is 2.28. The lowest BCUT2D eigenvalue weighted by molar-refractivity contribution is -0.439. The van der Waals surface area contributed by atoms with Crippen molar-refractivity contribution in [2.75, 3.05) is 0 Å². The van der Waals surface area contributed by atoms with Crippen LogP contribution < -0.4 is 0 Å². The summed E-state index contributed by atoms with van der Waals surface area (Å²) in [4.78, 5) is 0. The fourth-order valence-corrected chi connectivity index (χ4v) is 2.28. The van der Waals surface area contributed by atoms with Crippen LogP contribution in [-0.4, -0.2) is 77.8 Å². The maximum Gasteiger partial charge on any atom is 0.460 e. The van der Waals surface area contributed by atoms with Crippen LogP contribution >= 0.6 is 0 Å². The minimum absolute atomic E-state index is 0.135. The third kappa shape index (κ3) is 7.38. The minimum atomic E-state index is -8.54. The van der Waals surface area contributed by atoms with Crippen molar-refractivity contribution < 1.29 is 136 Å². The molecule has 0 saturated carbocycles. The zero-order chi connectivity index (χ0) is 41.1. The molecule has 0 aromatic rings. The van der Waals surface area contributed by atoms with E-state index in [4.69, 9.17) is 0 Å². The summed E-state index contributed by atoms with van der Waals surface area (Å²) >= 11 is 0. The summed E-state index contributed by atoms with van der Waals surface area (Å²) in [5, 5.41) is 0. The molecular weight excluding hydrogens is 805 g/mol. The van der Waals surface area contributed by atoms with Gasteiger partial charge in [0, 0.05) is 6.42 Å². The molecule has 0 aliphatic carbocycles. The maximum absolute atomic E-state index is 12.9. The summed E-state index contributed by atoms with van der Waals surface area (Å²) in [6.07, 6.45) is -24.6. The topological polar surface area (TPSA) is 0 Å². The van der Waals surface area contributed by atoms with Crippen molar-refractivity contribution in [3.8, 4) is 0 Å². The molecule has 0 aromatic heterocycles. The third-order valence-electron chi connectivity index (χ3n) is 5.05. The average molecular weight is 810 g/mol. The van der Waals surface area contributed by atoms with Crippen LogP contribution in [0.4, 0.5) is 136 Å². The first kappa shape index (κ1) is 48.4. The van der Waals surface area contributed by atoms with Gasteiger partial charge in [0.1, 0.15) is 0 Å². The smallest absolute Gasteiger partial charge is 0.202 e. The van der Waals surface area contributed by atoms with E-state index in [9.17, 15) is 136 Å². The molecule has 0 aliphatic heterocycles. The molecule has 0 unspecified atom stereocenters. The molecule has 0 saturated heterocycles. The van der Waals surface area contributed by atoms with Crippen molar-refractivity contribution in [2.45, 2.75) is 84.2 Å². The Hall–Kier alpha value is -2.69. The van der Waals surface area contributed by atoms with Crippen molar-refractivity contribution in [2.24, 2.45) is 0 Å². The highest BCUT2D eigenvalue weighted by Gasteiger charge is 2.92. The largest absolute Gasteiger partial charge is 0.460 e. The normalized spacial score (nSPS) is 16.6. The Morgan fingerprint density at radius 2 is 0.592 bits per heavy atom. The molecule has 0 nitrogen and oxygen atoms in total. The fraction of sp³-hybridized carbons (Fsp3) is 0.778. The molecular formula is C18H5F31. The predicted octanol–water partition coefficient (Wildman–Crippen LogP) is 11.7. The molecule has 0 heterocycles. The number of hydrogen-bond acceptors (Lipinski definition) is 0. The Balaban J connectivity index is 0. The number of hydrogen-bond donors (Lipinski definition) is 0. The van der Waals surface area contributed by atoms with Gasteiger partial charge in [-0.15, -0.1) is 6.58 Å². The predicted molar refractivity (Wildman–Crippen MR) is 91.7 cm³/mol. The lowest BCUT2D eigenvalue weighted by Gasteiger charge is -2.39. The van der Waals surface area contributed by atoms with Crippen molar-refractivity contribution >= 4 is 0 Å². The molecule has 0 atom stereocenters. The lowest BCUT2D eigenvalue weighted by Crippen LogP contribution is -2.70. The molecule has 294 valence electrons. The van der Waals surface area contributed by atoms with E-state index in [1.165, 1.54) is 0 Å². The van der Waals surface area contributed by atoms with E-state index in [1.807, 2.05) is 0 Å². The molecule has 0 amide bonds. The van der Waals surface area contributed by atoms with Crippen molar-refractivity contribution in [3.63, 3.8) is 0 Å². The van der Waals surface area contributed by atoms with E-state index in [0.29, 0.717) is 0 Å². The first-order chi connectivity index (χ1) is 20.6. The molecule has 0 radical (unpaired) electrons. The Morgan fingerprint density at radius 3 is 0.816 bits per heavy atom. The average Bonchev–Trinajstić information content (AvgIpc) is 2.85. The molecule has 49 heavy (non-hydrogen) atoms. The quantitative estimate of drug-likeness (QED) is 0.144. The Bertz CT molecular complexity index is 1180. The minimum Gasteiger partial charge on any atom is -0.202 e. The van der Waals surface area contributed by atoms with Gasteiger partial charge in [-0.2, -0.15) is 132 Å². The zero-order valence-corrected chi connectivity index (χ0v) is 21.2. The van der Waals surface area contributed by atoms with Gasteiger partial charge in [-0.05, 0) is 0 Å². The summed E-state index contributed by atoms with van der Waals surface area (Å²) in [5.74, 6) is -88.0. The van der Waals surface area contributed by atoms with E-state index < -0.39 is 95.8 Å². The summed E-state index contributed by atoms with van der Waals surface area (Å²) in [5.41, 5.74) is 0. The van der Waals surface area contributed by atoms with Gasteiger partial charge in [-0.1, -0.05) is 6.08 Å². The monoisotopic (exact) mass is 810 g/mol. The highest BCUT2D eigenvalue weighted by molar-refractivity contribution is 5.22. The second-order valence-corrected chi connectivity index (χ2v) is 8.49. The first-order valence-corrected chi connectivity index (χ1v) is 10.3. The van der Waals surface area contributed by atoms with E-state index in [-0.39, 0.29) is 6.08 Å². The number of allylic oxidation sites excluding steroid dienone is 3. The van der Waals surface area contributed by atoms with Gasteiger partial charge in [0.2, 0.25) is 11.7 Å². The van der Waals surface area contributed by atoms with E-state index in [0.717, 1.165) is 0 Å². The SMILES string of the molecule is C=CCC(F)(F)C(F)(F)C(F)(F)C(F)(F)C(F)(F)C(F)(F)F.FC(=C(F)C(F)(F)C(F)(F)C(F)(F)C(F)(F)C(F)(F)C(F)(F)F)C(F)(F)F. The van der Waals surface area contributed by atoms with Crippen LogP contribution in [0.25, 0.3) is 0 Å². The van der Waals surface area contributed by atoms with Crippen molar-refractivity contribution in [1.29, 1.82) is 0 Å². The second-order valence-electron chi connectivity index (χ2n) is 8.49. The van der Waals surface area contributed by atoms with Crippen LogP contribution in [0.1, 0.15) is 6.42 Å². The Morgan fingerprint density at radius 1 is 0.347 bits per heavy atom. The van der Waals surface area contributed by atoms with Gasteiger partial charge in [-0.3, -0.25) is 0 Å². The molecule has 0 fully saturated rings. The molecule has 0 N–H and O–H groups in total.